The maximum absolute atomic E-state index is 12.7. The van der Waals surface area contributed by atoms with Crippen LogP contribution in [0.3, 0.4) is 0 Å². The number of aromatic amines is 1. The van der Waals surface area contributed by atoms with Crippen LogP contribution in [0.4, 0.5) is 0 Å². The van der Waals surface area contributed by atoms with Crippen LogP contribution in [0.1, 0.15) is 64.6 Å². The fourth-order valence-corrected chi connectivity index (χ4v) is 3.39. The lowest BCUT2D eigenvalue weighted by Gasteiger charge is -2.25. The second-order valence-corrected chi connectivity index (χ2v) is 6.15. The van der Waals surface area contributed by atoms with Crippen molar-refractivity contribution < 1.29 is 14.7 Å². The lowest BCUT2D eigenvalue weighted by molar-refractivity contribution is 0.0672. The highest BCUT2D eigenvalue weighted by atomic mass is 16.4. The number of rotatable bonds is 4. The van der Waals surface area contributed by atoms with Crippen molar-refractivity contribution in [2.45, 2.75) is 38.1 Å². The molecule has 1 saturated carbocycles. The average molecular weight is 342 g/mol. The molecule has 7 heteroatoms. The van der Waals surface area contributed by atoms with Crippen molar-refractivity contribution >= 4 is 11.8 Å². The van der Waals surface area contributed by atoms with Crippen molar-refractivity contribution in [1.29, 1.82) is 0 Å². The van der Waals surface area contributed by atoms with E-state index in [9.17, 15) is 24.3 Å². The van der Waals surface area contributed by atoms with Crippen LogP contribution in [0, 0.1) is 0 Å². The molecule has 2 N–H and O–H groups in total. The van der Waals surface area contributed by atoms with Crippen molar-refractivity contribution in [2.75, 3.05) is 0 Å². The Bertz CT molecular complexity index is 921. The van der Waals surface area contributed by atoms with Gasteiger partial charge < -0.3 is 5.11 Å². The minimum Gasteiger partial charge on any atom is -0.477 e. The van der Waals surface area contributed by atoms with Crippen molar-refractivity contribution in [3.8, 4) is 0 Å². The molecule has 0 unspecified atom stereocenters. The number of hydrogen-bond acceptors (Lipinski definition) is 4. The maximum atomic E-state index is 12.7. The molecule has 3 rings (SSSR count). The van der Waals surface area contributed by atoms with Gasteiger partial charge in [-0.2, -0.15) is 0 Å². The van der Waals surface area contributed by atoms with Gasteiger partial charge in [0.05, 0.1) is 0 Å². The number of hydrogen-bond donors (Lipinski definition) is 2. The van der Waals surface area contributed by atoms with E-state index in [0.717, 1.165) is 23.8 Å². The molecule has 1 aliphatic carbocycles. The maximum Gasteiger partial charge on any atom is 0.353 e. The topological polar surface area (TPSA) is 109 Å². The molecule has 0 spiro atoms. The Labute approximate surface area is 142 Å². The summed E-state index contributed by atoms with van der Waals surface area (Å²) in [5, 5.41) is 9.66. The highest BCUT2D eigenvalue weighted by Crippen LogP contribution is 2.28. The smallest absolute Gasteiger partial charge is 0.353 e. The molecule has 0 aliphatic heterocycles. The third-order valence-electron chi connectivity index (χ3n) is 4.55. The van der Waals surface area contributed by atoms with Gasteiger partial charge in [0.2, 0.25) is 5.78 Å². The molecule has 0 saturated heterocycles. The number of nitrogens with zero attached hydrogens (tertiary/aromatic N) is 1. The normalized spacial score (nSPS) is 15.0. The quantitative estimate of drug-likeness (QED) is 0.826. The third kappa shape index (κ3) is 3.17. The Morgan fingerprint density at radius 3 is 2.28 bits per heavy atom. The Balaban J connectivity index is 2.24. The monoisotopic (exact) mass is 342 g/mol. The van der Waals surface area contributed by atoms with E-state index in [2.05, 4.69) is 4.98 Å². The predicted molar refractivity (Wildman–Crippen MR) is 90.3 cm³/mol. The van der Waals surface area contributed by atoms with Crippen LogP contribution in [-0.2, 0) is 0 Å². The van der Waals surface area contributed by atoms with Gasteiger partial charge in [0, 0.05) is 11.6 Å². The summed E-state index contributed by atoms with van der Waals surface area (Å²) in [5.74, 6) is -2.16. The first-order chi connectivity index (χ1) is 12.0. The zero-order chi connectivity index (χ0) is 18.0. The lowest BCUT2D eigenvalue weighted by atomic mass is 9.94. The Kier molecular flexibility index (Phi) is 4.65. The zero-order valence-corrected chi connectivity index (χ0v) is 13.5. The second-order valence-electron chi connectivity index (χ2n) is 6.15. The number of carboxylic acids is 1. The van der Waals surface area contributed by atoms with E-state index in [-0.39, 0.29) is 11.6 Å². The standard InChI is InChI=1S/C18H18N2O5/c21-15(11-7-3-1-4-8-11)13-14(17(23)24)20(18(25)19-16(13)22)12-9-5-2-6-10-12/h1,3-4,7-8,12H,2,5-6,9-10H2,(H,23,24)(H,19,22,25). The van der Waals surface area contributed by atoms with Gasteiger partial charge in [-0.25, -0.2) is 9.59 Å². The highest BCUT2D eigenvalue weighted by molar-refractivity contribution is 6.13. The molecule has 0 radical (unpaired) electrons. The Hall–Kier alpha value is -2.96. The fraction of sp³-hybridized carbons (Fsp3) is 0.333. The van der Waals surface area contributed by atoms with Gasteiger partial charge in [-0.15, -0.1) is 0 Å². The van der Waals surface area contributed by atoms with Gasteiger partial charge in [0.25, 0.3) is 5.56 Å². The molecule has 2 aromatic rings. The first-order valence-electron chi connectivity index (χ1n) is 8.22. The average Bonchev–Trinajstić information content (AvgIpc) is 2.62. The van der Waals surface area contributed by atoms with Gasteiger partial charge in [-0.05, 0) is 12.8 Å². The molecule has 0 bridgehead atoms. The summed E-state index contributed by atoms with van der Waals surface area (Å²) >= 11 is 0. The second kappa shape index (κ2) is 6.88. The summed E-state index contributed by atoms with van der Waals surface area (Å²) in [5.41, 5.74) is -2.56. The molecule has 1 fully saturated rings. The SMILES string of the molecule is O=C(c1ccccc1)c1c(C(=O)O)n(C2CCCCC2)c(=O)[nH]c1=O. The number of carbonyl (C=O) groups is 2. The Morgan fingerprint density at radius 2 is 1.68 bits per heavy atom. The molecule has 1 aliphatic rings. The molecule has 0 atom stereocenters. The van der Waals surface area contributed by atoms with E-state index in [1.807, 2.05) is 0 Å². The molecular formula is C18H18N2O5. The Morgan fingerprint density at radius 1 is 1.04 bits per heavy atom. The van der Waals surface area contributed by atoms with Gasteiger partial charge in [-0.1, -0.05) is 49.6 Å². The molecule has 0 amide bonds. The lowest BCUT2D eigenvalue weighted by Crippen LogP contribution is -2.41. The number of carboxylic acid groups (broad SMARTS) is 1. The molecule has 130 valence electrons. The van der Waals surface area contributed by atoms with Crippen LogP contribution in [0.2, 0.25) is 0 Å². The molecule has 1 aromatic heterocycles. The van der Waals surface area contributed by atoms with Crippen LogP contribution < -0.4 is 11.2 Å². The van der Waals surface area contributed by atoms with Crippen LogP contribution in [-0.4, -0.2) is 26.4 Å². The van der Waals surface area contributed by atoms with Crippen molar-refractivity contribution in [3.05, 3.63) is 68.0 Å². The van der Waals surface area contributed by atoms with Crippen molar-refractivity contribution in [1.82, 2.24) is 9.55 Å². The number of ketones is 1. The van der Waals surface area contributed by atoms with Crippen LogP contribution >= 0.6 is 0 Å². The number of H-pyrrole nitrogens is 1. The van der Waals surface area contributed by atoms with E-state index < -0.39 is 34.3 Å². The molecule has 1 heterocycles. The van der Waals surface area contributed by atoms with E-state index in [1.165, 1.54) is 12.1 Å². The van der Waals surface area contributed by atoms with Crippen LogP contribution in [0.25, 0.3) is 0 Å². The van der Waals surface area contributed by atoms with Gasteiger partial charge >= 0.3 is 11.7 Å². The molecule has 25 heavy (non-hydrogen) atoms. The van der Waals surface area contributed by atoms with E-state index >= 15 is 0 Å². The summed E-state index contributed by atoms with van der Waals surface area (Å²) in [4.78, 5) is 51.3. The van der Waals surface area contributed by atoms with Crippen LogP contribution in [0.15, 0.2) is 39.9 Å². The van der Waals surface area contributed by atoms with Crippen molar-refractivity contribution in [3.63, 3.8) is 0 Å². The third-order valence-corrected chi connectivity index (χ3v) is 4.55. The summed E-state index contributed by atoms with van der Waals surface area (Å²) < 4.78 is 1.08. The highest BCUT2D eigenvalue weighted by Gasteiger charge is 2.30. The minimum atomic E-state index is -1.45. The van der Waals surface area contributed by atoms with Gasteiger partial charge in [0.15, 0.2) is 0 Å². The molecule has 7 nitrogen and oxygen atoms in total. The number of nitrogens with one attached hydrogen (secondary N) is 1. The number of benzene rings is 1. The van der Waals surface area contributed by atoms with Gasteiger partial charge in [0.1, 0.15) is 11.3 Å². The minimum absolute atomic E-state index is 0.198. The molecular weight excluding hydrogens is 324 g/mol. The van der Waals surface area contributed by atoms with Crippen molar-refractivity contribution in [2.24, 2.45) is 0 Å². The van der Waals surface area contributed by atoms with Gasteiger partial charge in [-0.3, -0.25) is 19.1 Å². The summed E-state index contributed by atoms with van der Waals surface area (Å²) in [6, 6.07) is 7.64. The first kappa shape index (κ1) is 16.9. The van der Waals surface area contributed by atoms with E-state index in [4.69, 9.17) is 0 Å². The summed E-state index contributed by atoms with van der Waals surface area (Å²) in [6.45, 7) is 0. The summed E-state index contributed by atoms with van der Waals surface area (Å²) in [6.07, 6.45) is 4.05. The number of carbonyl (C=O) groups excluding carboxylic acids is 1. The summed E-state index contributed by atoms with van der Waals surface area (Å²) in [7, 11) is 0. The van der Waals surface area contributed by atoms with Crippen LogP contribution in [0.5, 0.6) is 0 Å². The largest absolute Gasteiger partial charge is 0.477 e. The van der Waals surface area contributed by atoms with E-state index in [0.29, 0.717) is 12.8 Å². The number of aromatic carboxylic acids is 1. The fourth-order valence-electron chi connectivity index (χ4n) is 3.39. The molecule has 1 aromatic carbocycles. The first-order valence-corrected chi connectivity index (χ1v) is 8.22. The zero-order valence-electron chi connectivity index (χ0n) is 13.5. The van der Waals surface area contributed by atoms with E-state index in [1.54, 1.807) is 18.2 Å². The number of aromatic nitrogens is 2. The predicted octanol–water partition coefficient (Wildman–Crippen LogP) is 1.97.